The highest BCUT2D eigenvalue weighted by Crippen LogP contribution is 2.25. The van der Waals surface area contributed by atoms with Crippen LogP contribution in [-0.4, -0.2) is 69.4 Å². The number of carbonyl (C=O) groups excluding carboxylic acids is 2. The molecule has 2 saturated heterocycles. The van der Waals surface area contributed by atoms with Crippen molar-refractivity contribution < 1.29 is 9.59 Å². The molecule has 0 bridgehead atoms. The summed E-state index contributed by atoms with van der Waals surface area (Å²) < 4.78 is 2.25. The van der Waals surface area contributed by atoms with E-state index in [1.807, 2.05) is 16.0 Å². The summed E-state index contributed by atoms with van der Waals surface area (Å²) in [5, 5.41) is 3.37. The number of aromatic nitrogens is 2. The fourth-order valence-corrected chi connectivity index (χ4v) is 5.33. The van der Waals surface area contributed by atoms with Crippen LogP contribution < -0.4 is 5.32 Å². The largest absolute Gasteiger partial charge is 0.341 e. The van der Waals surface area contributed by atoms with Gasteiger partial charge in [0.15, 0.2) is 0 Å². The Morgan fingerprint density at radius 2 is 1.79 bits per heavy atom. The van der Waals surface area contributed by atoms with E-state index in [0.29, 0.717) is 30.3 Å². The molecule has 0 saturated carbocycles. The fraction of sp³-hybridized carbons (Fsp3) is 0.808. The number of nitrogens with zero attached hydrogens (tertiary/aromatic N) is 4. The van der Waals surface area contributed by atoms with Crippen molar-refractivity contribution in [2.45, 2.75) is 91.8 Å². The number of imidazole rings is 1. The lowest BCUT2D eigenvalue weighted by Gasteiger charge is -2.42. The summed E-state index contributed by atoms with van der Waals surface area (Å²) >= 11 is 0. The molecule has 3 heterocycles. The Kier molecular flexibility index (Phi) is 8.96. The van der Waals surface area contributed by atoms with Crippen molar-refractivity contribution in [3.8, 4) is 0 Å². The molecule has 1 unspecified atom stereocenters. The number of hydrogen-bond donors (Lipinski definition) is 1. The maximum absolute atomic E-state index is 13.7. The standard InChI is InChI=1S/C26H45N5O2/c1-18(2)15-22-25(32)31(14-9-27-22)23(16-19(3)4)26(33)29-11-7-21(8-12-29)17-24-28-10-13-30(24)20(5)6/h10,13,18-23,27H,7-9,11-12,14-17H2,1-6H3/t22-,23?/m0/s1. The van der Waals surface area contributed by atoms with Crippen LogP contribution in [0.3, 0.4) is 0 Å². The Labute approximate surface area is 200 Å². The second kappa shape index (κ2) is 11.5. The molecule has 2 aliphatic heterocycles. The number of amides is 2. The van der Waals surface area contributed by atoms with Gasteiger partial charge in [0.25, 0.3) is 0 Å². The number of rotatable bonds is 9. The van der Waals surface area contributed by atoms with Crippen molar-refractivity contribution in [2.75, 3.05) is 26.2 Å². The Balaban J connectivity index is 1.63. The van der Waals surface area contributed by atoms with E-state index in [9.17, 15) is 9.59 Å². The van der Waals surface area contributed by atoms with Gasteiger partial charge in [0.2, 0.25) is 11.8 Å². The van der Waals surface area contributed by atoms with Crippen molar-refractivity contribution in [1.82, 2.24) is 24.7 Å². The monoisotopic (exact) mass is 459 g/mol. The van der Waals surface area contributed by atoms with E-state index in [-0.39, 0.29) is 23.9 Å². The molecule has 7 heteroatoms. The molecule has 33 heavy (non-hydrogen) atoms. The number of piperazine rings is 1. The van der Waals surface area contributed by atoms with Crippen LogP contribution in [0.2, 0.25) is 0 Å². The predicted molar refractivity (Wildman–Crippen MR) is 132 cm³/mol. The summed E-state index contributed by atoms with van der Waals surface area (Å²) in [6, 6.07) is -0.0978. The molecule has 2 fully saturated rings. The fourth-order valence-electron chi connectivity index (χ4n) is 5.33. The van der Waals surface area contributed by atoms with E-state index in [2.05, 4.69) is 62.6 Å². The number of piperidine rings is 1. The first-order chi connectivity index (χ1) is 15.7. The normalized spacial score (nSPS) is 21.5. The van der Waals surface area contributed by atoms with Gasteiger partial charge in [-0.15, -0.1) is 0 Å². The number of carbonyl (C=O) groups is 2. The first kappa shape index (κ1) is 25.7. The SMILES string of the molecule is CC(C)CC(C(=O)N1CCC(Cc2nccn2C(C)C)CC1)N1CCN[C@@H](CC(C)C)C1=O. The third-order valence-corrected chi connectivity index (χ3v) is 7.09. The summed E-state index contributed by atoms with van der Waals surface area (Å²) in [7, 11) is 0. The number of nitrogens with one attached hydrogen (secondary N) is 1. The zero-order valence-electron chi connectivity index (χ0n) is 21.6. The highest BCUT2D eigenvalue weighted by molar-refractivity contribution is 5.90. The van der Waals surface area contributed by atoms with Crippen LogP contribution in [0, 0.1) is 17.8 Å². The maximum Gasteiger partial charge on any atom is 0.245 e. The summed E-state index contributed by atoms with van der Waals surface area (Å²) in [5.74, 6) is 2.74. The third-order valence-electron chi connectivity index (χ3n) is 7.09. The van der Waals surface area contributed by atoms with Crippen molar-refractivity contribution >= 4 is 11.8 Å². The molecular formula is C26H45N5O2. The first-order valence-corrected chi connectivity index (χ1v) is 13.0. The predicted octanol–water partition coefficient (Wildman–Crippen LogP) is 3.51. The Morgan fingerprint density at radius 3 is 2.39 bits per heavy atom. The average molecular weight is 460 g/mol. The molecule has 0 aliphatic carbocycles. The summed E-state index contributed by atoms with van der Waals surface area (Å²) in [6.45, 7) is 15.9. The molecular weight excluding hydrogens is 414 g/mol. The average Bonchev–Trinajstić information content (AvgIpc) is 3.22. The lowest BCUT2D eigenvalue weighted by atomic mass is 9.91. The van der Waals surface area contributed by atoms with E-state index < -0.39 is 0 Å². The summed E-state index contributed by atoms with van der Waals surface area (Å²) in [4.78, 5) is 35.4. The Morgan fingerprint density at radius 1 is 1.09 bits per heavy atom. The van der Waals surface area contributed by atoms with Gasteiger partial charge in [-0.05, 0) is 57.3 Å². The zero-order chi connectivity index (χ0) is 24.1. The molecule has 1 N–H and O–H groups in total. The second-order valence-corrected chi connectivity index (χ2v) is 11.1. The molecule has 186 valence electrons. The van der Waals surface area contributed by atoms with Crippen molar-refractivity contribution in [2.24, 2.45) is 17.8 Å². The van der Waals surface area contributed by atoms with E-state index in [0.717, 1.165) is 57.6 Å². The van der Waals surface area contributed by atoms with Crippen molar-refractivity contribution in [3.63, 3.8) is 0 Å². The number of likely N-dealkylation sites (tertiary alicyclic amines) is 1. The minimum atomic E-state index is -0.342. The van der Waals surface area contributed by atoms with Gasteiger partial charge in [-0.2, -0.15) is 0 Å². The Bertz CT molecular complexity index is 779. The lowest BCUT2D eigenvalue weighted by Crippen LogP contribution is -2.62. The van der Waals surface area contributed by atoms with Crippen LogP contribution in [0.4, 0.5) is 0 Å². The molecule has 0 spiro atoms. The summed E-state index contributed by atoms with van der Waals surface area (Å²) in [6.07, 6.45) is 8.46. The van der Waals surface area contributed by atoms with Gasteiger partial charge in [0, 0.05) is 51.0 Å². The molecule has 2 aliphatic rings. The highest BCUT2D eigenvalue weighted by Gasteiger charge is 2.39. The third kappa shape index (κ3) is 6.58. The minimum Gasteiger partial charge on any atom is -0.341 e. The molecule has 1 aromatic heterocycles. The topological polar surface area (TPSA) is 70.5 Å². The van der Waals surface area contributed by atoms with Crippen LogP contribution in [0.1, 0.15) is 79.1 Å². The molecule has 2 amide bonds. The van der Waals surface area contributed by atoms with Gasteiger partial charge in [0.1, 0.15) is 11.9 Å². The van der Waals surface area contributed by atoms with Gasteiger partial charge in [-0.25, -0.2) is 4.98 Å². The Hall–Kier alpha value is -1.89. The van der Waals surface area contributed by atoms with Crippen LogP contribution in [-0.2, 0) is 16.0 Å². The molecule has 0 radical (unpaired) electrons. The van der Waals surface area contributed by atoms with Gasteiger partial charge in [-0.3, -0.25) is 9.59 Å². The molecule has 3 rings (SSSR count). The molecule has 2 atom stereocenters. The van der Waals surface area contributed by atoms with E-state index in [4.69, 9.17) is 0 Å². The summed E-state index contributed by atoms with van der Waals surface area (Å²) in [5.41, 5.74) is 0. The highest BCUT2D eigenvalue weighted by atomic mass is 16.2. The van der Waals surface area contributed by atoms with E-state index in [1.54, 1.807) is 0 Å². The zero-order valence-corrected chi connectivity index (χ0v) is 21.6. The van der Waals surface area contributed by atoms with Gasteiger partial charge < -0.3 is 19.7 Å². The van der Waals surface area contributed by atoms with Gasteiger partial charge >= 0.3 is 0 Å². The quantitative estimate of drug-likeness (QED) is 0.614. The molecule has 0 aromatic carbocycles. The smallest absolute Gasteiger partial charge is 0.245 e. The maximum atomic E-state index is 13.7. The van der Waals surface area contributed by atoms with Crippen LogP contribution in [0.5, 0.6) is 0 Å². The van der Waals surface area contributed by atoms with Gasteiger partial charge in [0.05, 0.1) is 6.04 Å². The minimum absolute atomic E-state index is 0.101. The molecule has 7 nitrogen and oxygen atoms in total. The second-order valence-electron chi connectivity index (χ2n) is 11.1. The van der Waals surface area contributed by atoms with Crippen LogP contribution >= 0.6 is 0 Å². The lowest BCUT2D eigenvalue weighted by molar-refractivity contribution is -0.150. The van der Waals surface area contributed by atoms with Crippen LogP contribution in [0.15, 0.2) is 12.4 Å². The van der Waals surface area contributed by atoms with E-state index in [1.165, 1.54) is 0 Å². The van der Waals surface area contributed by atoms with Crippen molar-refractivity contribution in [3.05, 3.63) is 18.2 Å². The molecule has 1 aromatic rings. The first-order valence-electron chi connectivity index (χ1n) is 13.0. The van der Waals surface area contributed by atoms with Crippen molar-refractivity contribution in [1.29, 1.82) is 0 Å². The number of hydrogen-bond acceptors (Lipinski definition) is 4. The van der Waals surface area contributed by atoms with E-state index >= 15 is 0 Å². The van der Waals surface area contributed by atoms with Crippen LogP contribution in [0.25, 0.3) is 0 Å². The van der Waals surface area contributed by atoms with Gasteiger partial charge in [-0.1, -0.05) is 27.7 Å².